The van der Waals surface area contributed by atoms with Gasteiger partial charge in [0.25, 0.3) is 0 Å². The molecule has 0 saturated heterocycles. The van der Waals surface area contributed by atoms with Crippen molar-refractivity contribution in [1.29, 1.82) is 10.5 Å². The first-order valence-electron chi connectivity index (χ1n) is 10.1. The van der Waals surface area contributed by atoms with Crippen LogP contribution in [0.2, 0.25) is 0 Å². The first-order valence-corrected chi connectivity index (χ1v) is 11.8. The van der Waals surface area contributed by atoms with E-state index in [-0.39, 0.29) is 0 Å². The minimum atomic E-state index is -0.818. The molecule has 2 aliphatic carbocycles. The maximum Gasteiger partial charge on any atom is 0.314 e. The normalized spacial score (nSPS) is 19.7. The van der Waals surface area contributed by atoms with Gasteiger partial charge < -0.3 is 10.6 Å². The van der Waals surface area contributed by atoms with Gasteiger partial charge in [-0.15, -0.1) is 22.7 Å². The van der Waals surface area contributed by atoms with Crippen LogP contribution in [0.15, 0.2) is 0 Å². The van der Waals surface area contributed by atoms with Crippen LogP contribution < -0.4 is 10.6 Å². The summed E-state index contributed by atoms with van der Waals surface area (Å²) < 4.78 is 0. The van der Waals surface area contributed by atoms with Crippen LogP contribution in [0.25, 0.3) is 0 Å². The zero-order valence-electron chi connectivity index (χ0n) is 16.9. The lowest BCUT2D eigenvalue weighted by Crippen LogP contribution is -2.29. The van der Waals surface area contributed by atoms with Crippen molar-refractivity contribution in [2.24, 2.45) is 11.8 Å². The van der Waals surface area contributed by atoms with Crippen molar-refractivity contribution >= 4 is 44.5 Å². The number of anilines is 2. The lowest BCUT2D eigenvalue weighted by Gasteiger charge is -2.17. The maximum absolute atomic E-state index is 12.6. The Morgan fingerprint density at radius 2 is 1.23 bits per heavy atom. The van der Waals surface area contributed by atoms with Crippen molar-refractivity contribution in [3.8, 4) is 12.1 Å². The molecule has 0 fully saturated rings. The smallest absolute Gasteiger partial charge is 0.308 e. The predicted octanol–water partition coefficient (Wildman–Crippen LogP) is 4.38. The molecule has 154 valence electrons. The highest BCUT2D eigenvalue weighted by molar-refractivity contribution is 7.17. The Hall–Kier alpha value is -2.68. The molecular weight excluding hydrogens is 416 g/mol. The Labute approximate surface area is 183 Å². The largest absolute Gasteiger partial charge is 0.314 e. The molecule has 2 aliphatic rings. The van der Waals surface area contributed by atoms with Crippen molar-refractivity contribution in [2.75, 3.05) is 10.6 Å². The topological polar surface area (TPSA) is 106 Å². The van der Waals surface area contributed by atoms with E-state index >= 15 is 0 Å². The third-order valence-electron chi connectivity index (χ3n) is 5.91. The second-order valence-electron chi connectivity index (χ2n) is 8.24. The minimum Gasteiger partial charge on any atom is -0.308 e. The monoisotopic (exact) mass is 438 g/mol. The number of hydrogen-bond acceptors (Lipinski definition) is 6. The van der Waals surface area contributed by atoms with Crippen LogP contribution in [0.4, 0.5) is 10.0 Å². The van der Waals surface area contributed by atoms with Gasteiger partial charge in [0.2, 0.25) is 0 Å². The van der Waals surface area contributed by atoms with Crippen LogP contribution in [-0.2, 0) is 35.3 Å². The second-order valence-corrected chi connectivity index (χ2v) is 10.5. The third kappa shape index (κ3) is 3.74. The zero-order valence-corrected chi connectivity index (χ0v) is 18.6. The number of carbonyl (C=O) groups excluding carboxylic acids is 2. The van der Waals surface area contributed by atoms with E-state index in [1.54, 1.807) is 0 Å². The second kappa shape index (κ2) is 8.22. The van der Waals surface area contributed by atoms with E-state index in [0.717, 1.165) is 59.4 Å². The average Bonchev–Trinajstić information content (AvgIpc) is 3.23. The number of nitrogens with zero attached hydrogens (tertiary/aromatic N) is 2. The van der Waals surface area contributed by atoms with Crippen LogP contribution in [0, 0.1) is 34.5 Å². The van der Waals surface area contributed by atoms with E-state index in [4.69, 9.17) is 0 Å². The van der Waals surface area contributed by atoms with Crippen LogP contribution in [0.5, 0.6) is 0 Å². The molecule has 2 aromatic heterocycles. The van der Waals surface area contributed by atoms with Gasteiger partial charge in [-0.1, -0.05) is 13.8 Å². The number of fused-ring (bicyclic) bond motifs is 2. The highest BCUT2D eigenvalue weighted by Crippen LogP contribution is 2.40. The third-order valence-corrected chi connectivity index (χ3v) is 8.25. The van der Waals surface area contributed by atoms with Gasteiger partial charge in [-0.05, 0) is 61.5 Å². The first kappa shape index (κ1) is 20.6. The van der Waals surface area contributed by atoms with Crippen LogP contribution >= 0.6 is 22.7 Å². The van der Waals surface area contributed by atoms with E-state index in [9.17, 15) is 20.1 Å². The van der Waals surface area contributed by atoms with Crippen molar-refractivity contribution in [3.63, 3.8) is 0 Å². The van der Waals surface area contributed by atoms with Crippen molar-refractivity contribution in [1.82, 2.24) is 0 Å². The number of amides is 2. The molecule has 0 aromatic carbocycles. The molecule has 0 radical (unpaired) electrons. The summed E-state index contributed by atoms with van der Waals surface area (Å²) in [5.41, 5.74) is 2.95. The van der Waals surface area contributed by atoms with Crippen LogP contribution in [-0.4, -0.2) is 11.8 Å². The van der Waals surface area contributed by atoms with E-state index in [1.165, 1.54) is 22.7 Å². The van der Waals surface area contributed by atoms with E-state index in [0.29, 0.717) is 33.0 Å². The molecule has 2 heterocycles. The molecule has 6 nitrogen and oxygen atoms in total. The zero-order chi connectivity index (χ0) is 21.4. The van der Waals surface area contributed by atoms with Gasteiger partial charge in [-0.3, -0.25) is 9.59 Å². The molecule has 0 bridgehead atoms. The Bertz CT molecular complexity index is 1030. The summed E-state index contributed by atoms with van der Waals surface area (Å²) in [5, 5.41) is 25.3. The average molecular weight is 439 g/mol. The lowest BCUT2D eigenvalue weighted by atomic mass is 9.88. The van der Waals surface area contributed by atoms with E-state index < -0.39 is 11.8 Å². The van der Waals surface area contributed by atoms with Gasteiger partial charge in [0.15, 0.2) is 0 Å². The molecular formula is C22H22N4O2S2. The molecule has 4 rings (SSSR count). The summed E-state index contributed by atoms with van der Waals surface area (Å²) in [4.78, 5) is 27.3. The Balaban J connectivity index is 1.52. The Morgan fingerprint density at radius 1 is 0.833 bits per heavy atom. The lowest BCUT2D eigenvalue weighted by molar-refractivity contribution is -0.132. The van der Waals surface area contributed by atoms with E-state index in [2.05, 4.69) is 36.6 Å². The fourth-order valence-corrected chi connectivity index (χ4v) is 6.95. The van der Waals surface area contributed by atoms with Crippen molar-refractivity contribution in [3.05, 3.63) is 32.0 Å². The fourth-order valence-electron chi connectivity index (χ4n) is 4.23. The number of thiophene rings is 2. The molecule has 8 heteroatoms. The number of nitriles is 2. The summed E-state index contributed by atoms with van der Waals surface area (Å²) in [6.45, 7) is 4.35. The van der Waals surface area contributed by atoms with Crippen LogP contribution in [0.3, 0.4) is 0 Å². The summed E-state index contributed by atoms with van der Waals surface area (Å²) in [5.74, 6) is -0.540. The Morgan fingerprint density at radius 3 is 1.60 bits per heavy atom. The van der Waals surface area contributed by atoms with Gasteiger partial charge in [-0.2, -0.15) is 10.5 Å². The van der Waals surface area contributed by atoms with Gasteiger partial charge in [-0.25, -0.2) is 0 Å². The number of nitrogens with one attached hydrogen (secondary N) is 2. The van der Waals surface area contributed by atoms with Crippen molar-refractivity contribution in [2.45, 2.75) is 52.4 Å². The predicted molar refractivity (Wildman–Crippen MR) is 118 cm³/mol. The molecule has 2 aromatic rings. The number of rotatable bonds is 2. The van der Waals surface area contributed by atoms with Gasteiger partial charge in [0.1, 0.15) is 22.1 Å². The molecule has 0 saturated carbocycles. The number of carbonyl (C=O) groups is 2. The molecule has 2 amide bonds. The maximum atomic E-state index is 12.6. The standard InChI is InChI=1S/C22H22N4O2S2/c1-11-3-5-13-15(9-23)21(29-17(13)7-11)25-19(27)20(28)26-22-16(10-24)14-6-4-12(2)8-18(14)30-22/h11-12H,3-8H2,1-2H3,(H,25,27)(H,26,28)/t11-,12-/m1/s1. The fraction of sp³-hybridized carbons (Fsp3) is 0.455. The quantitative estimate of drug-likeness (QED) is 0.679. The highest BCUT2D eigenvalue weighted by atomic mass is 32.1. The molecule has 2 atom stereocenters. The highest BCUT2D eigenvalue weighted by Gasteiger charge is 2.28. The van der Waals surface area contributed by atoms with Gasteiger partial charge in [0, 0.05) is 9.75 Å². The van der Waals surface area contributed by atoms with E-state index in [1.807, 2.05) is 0 Å². The SMILES string of the molecule is C[C@@H]1CCc2c(sc(NC(=O)C(=O)Nc3sc4c(c3C#N)CC[C@@H](C)C4)c2C#N)C1. The molecule has 0 spiro atoms. The minimum absolute atomic E-state index is 0.441. The summed E-state index contributed by atoms with van der Waals surface area (Å²) in [6, 6.07) is 4.38. The van der Waals surface area contributed by atoms with Gasteiger partial charge in [0.05, 0.1) is 11.1 Å². The molecule has 30 heavy (non-hydrogen) atoms. The molecule has 0 aliphatic heterocycles. The summed E-state index contributed by atoms with van der Waals surface area (Å²) in [6.07, 6.45) is 5.46. The molecule has 2 N–H and O–H groups in total. The number of hydrogen-bond donors (Lipinski definition) is 2. The first-order chi connectivity index (χ1) is 14.4. The van der Waals surface area contributed by atoms with Crippen molar-refractivity contribution < 1.29 is 9.59 Å². The van der Waals surface area contributed by atoms with Crippen LogP contribution in [0.1, 0.15) is 58.7 Å². The Kier molecular flexibility index (Phi) is 5.64. The summed E-state index contributed by atoms with van der Waals surface area (Å²) >= 11 is 2.78. The molecule has 0 unspecified atom stereocenters. The summed E-state index contributed by atoms with van der Waals surface area (Å²) in [7, 11) is 0. The van der Waals surface area contributed by atoms with Gasteiger partial charge >= 0.3 is 11.8 Å².